The van der Waals surface area contributed by atoms with Gasteiger partial charge in [-0.2, -0.15) is 0 Å². The van der Waals surface area contributed by atoms with E-state index in [1.807, 2.05) is 29.9 Å². The normalized spacial score (nSPS) is 12.4. The van der Waals surface area contributed by atoms with Gasteiger partial charge in [0.2, 0.25) is 5.91 Å². The molecule has 1 atom stereocenters. The Balaban J connectivity index is 2.23. The van der Waals surface area contributed by atoms with Crippen LogP contribution in [-0.4, -0.2) is 17.0 Å². The van der Waals surface area contributed by atoms with Crippen LogP contribution in [0.5, 0.6) is 0 Å². The summed E-state index contributed by atoms with van der Waals surface area (Å²) >= 11 is 0. The van der Waals surface area contributed by atoms with E-state index in [9.17, 15) is 4.79 Å². The number of carbonyl (C=O) groups is 1. The van der Waals surface area contributed by atoms with Gasteiger partial charge in [0.25, 0.3) is 0 Å². The summed E-state index contributed by atoms with van der Waals surface area (Å²) < 4.78 is 2.02. The average molecular weight is 251 g/mol. The molecule has 102 valence electrons. The minimum absolute atomic E-state index is 0.131. The number of nitrogens with one attached hydrogen (secondary N) is 1. The van der Waals surface area contributed by atoms with E-state index in [1.54, 1.807) is 0 Å². The molecule has 0 aliphatic carbocycles. The molecule has 1 rings (SSSR count). The van der Waals surface area contributed by atoms with E-state index in [0.717, 1.165) is 25.0 Å². The Labute approximate surface area is 110 Å². The van der Waals surface area contributed by atoms with Gasteiger partial charge in [0.05, 0.1) is 6.54 Å². The zero-order valence-corrected chi connectivity index (χ0v) is 11.5. The molecular formula is C14H25N3O. The third kappa shape index (κ3) is 4.92. The fraction of sp³-hybridized carbons (Fsp3) is 0.643. The number of rotatable bonds is 8. The second-order valence-corrected chi connectivity index (χ2v) is 4.78. The van der Waals surface area contributed by atoms with Crippen molar-refractivity contribution >= 4 is 5.91 Å². The number of hydrogen-bond acceptors (Lipinski definition) is 2. The van der Waals surface area contributed by atoms with Gasteiger partial charge in [0, 0.05) is 25.4 Å². The second kappa shape index (κ2) is 7.93. The van der Waals surface area contributed by atoms with Crippen molar-refractivity contribution in [3.05, 3.63) is 24.0 Å². The van der Waals surface area contributed by atoms with Gasteiger partial charge in [-0.05, 0) is 37.4 Å². The first-order valence-corrected chi connectivity index (χ1v) is 6.74. The van der Waals surface area contributed by atoms with E-state index >= 15 is 0 Å². The fourth-order valence-electron chi connectivity index (χ4n) is 2.08. The lowest BCUT2D eigenvalue weighted by atomic mass is 9.96. The summed E-state index contributed by atoms with van der Waals surface area (Å²) in [5.41, 5.74) is 6.67. The number of amides is 1. The van der Waals surface area contributed by atoms with Gasteiger partial charge in [0.15, 0.2) is 0 Å². The number of hydrogen-bond donors (Lipinski definition) is 2. The first-order chi connectivity index (χ1) is 8.67. The van der Waals surface area contributed by atoms with Gasteiger partial charge in [-0.25, -0.2) is 0 Å². The van der Waals surface area contributed by atoms with Gasteiger partial charge < -0.3 is 15.6 Å². The molecular weight excluding hydrogens is 226 g/mol. The summed E-state index contributed by atoms with van der Waals surface area (Å²) in [5.74, 6) is 0.711. The smallest absolute Gasteiger partial charge is 0.220 e. The van der Waals surface area contributed by atoms with E-state index in [2.05, 4.69) is 12.2 Å². The zero-order chi connectivity index (χ0) is 13.4. The molecule has 1 unspecified atom stereocenters. The highest BCUT2D eigenvalue weighted by Crippen LogP contribution is 2.14. The molecule has 1 aromatic heterocycles. The number of aryl methyl sites for hydroxylation is 1. The van der Waals surface area contributed by atoms with Crippen LogP contribution in [0.15, 0.2) is 18.3 Å². The maximum absolute atomic E-state index is 11.7. The van der Waals surface area contributed by atoms with Crippen LogP contribution in [0.3, 0.4) is 0 Å². The molecule has 0 saturated carbocycles. The predicted octanol–water partition coefficient (Wildman–Crippen LogP) is 1.80. The summed E-state index contributed by atoms with van der Waals surface area (Å²) in [6.07, 6.45) is 5.63. The SMILES string of the molecule is CCC(CCN)CCC(=O)NCc1cccn1C. The van der Waals surface area contributed by atoms with Crippen molar-refractivity contribution in [3.63, 3.8) is 0 Å². The Kier molecular flexibility index (Phi) is 6.50. The van der Waals surface area contributed by atoms with Gasteiger partial charge in [0.1, 0.15) is 0 Å². The quantitative estimate of drug-likeness (QED) is 0.740. The van der Waals surface area contributed by atoms with Crippen LogP contribution in [0.25, 0.3) is 0 Å². The standard InChI is InChI=1S/C14H25N3O/c1-3-12(8-9-15)6-7-14(18)16-11-13-5-4-10-17(13)2/h4-5,10,12H,3,6-9,11,15H2,1-2H3,(H,16,18). The van der Waals surface area contributed by atoms with Crippen LogP contribution in [0.4, 0.5) is 0 Å². The lowest BCUT2D eigenvalue weighted by Crippen LogP contribution is -2.24. The van der Waals surface area contributed by atoms with Crippen LogP contribution < -0.4 is 11.1 Å². The third-order valence-electron chi connectivity index (χ3n) is 3.45. The highest BCUT2D eigenvalue weighted by atomic mass is 16.1. The number of carbonyl (C=O) groups excluding carboxylic acids is 1. The zero-order valence-electron chi connectivity index (χ0n) is 11.5. The van der Waals surface area contributed by atoms with Gasteiger partial charge in [-0.3, -0.25) is 4.79 Å². The Bertz CT molecular complexity index is 360. The van der Waals surface area contributed by atoms with Crippen molar-refractivity contribution in [3.8, 4) is 0 Å². The summed E-state index contributed by atoms with van der Waals surface area (Å²) in [4.78, 5) is 11.7. The van der Waals surface area contributed by atoms with Crippen LogP contribution in [-0.2, 0) is 18.4 Å². The van der Waals surface area contributed by atoms with Crippen molar-refractivity contribution < 1.29 is 4.79 Å². The highest BCUT2D eigenvalue weighted by molar-refractivity contribution is 5.75. The second-order valence-electron chi connectivity index (χ2n) is 4.78. The van der Waals surface area contributed by atoms with Crippen molar-refractivity contribution in [2.45, 2.75) is 39.2 Å². The van der Waals surface area contributed by atoms with Crippen molar-refractivity contribution in [2.24, 2.45) is 18.7 Å². The maximum Gasteiger partial charge on any atom is 0.220 e. The average Bonchev–Trinajstić information content (AvgIpc) is 2.77. The van der Waals surface area contributed by atoms with E-state index in [0.29, 0.717) is 25.4 Å². The van der Waals surface area contributed by atoms with E-state index in [-0.39, 0.29) is 5.91 Å². The van der Waals surface area contributed by atoms with Crippen molar-refractivity contribution in [1.29, 1.82) is 0 Å². The third-order valence-corrected chi connectivity index (χ3v) is 3.45. The minimum atomic E-state index is 0.131. The number of nitrogens with two attached hydrogens (primary N) is 1. The molecule has 0 aliphatic rings. The number of aromatic nitrogens is 1. The molecule has 0 radical (unpaired) electrons. The predicted molar refractivity (Wildman–Crippen MR) is 73.9 cm³/mol. The Morgan fingerprint density at radius 1 is 1.50 bits per heavy atom. The van der Waals surface area contributed by atoms with Crippen molar-refractivity contribution in [2.75, 3.05) is 6.54 Å². The Morgan fingerprint density at radius 2 is 2.28 bits per heavy atom. The largest absolute Gasteiger partial charge is 0.353 e. The van der Waals surface area contributed by atoms with Crippen LogP contribution in [0, 0.1) is 5.92 Å². The topological polar surface area (TPSA) is 60.1 Å². The molecule has 0 aromatic carbocycles. The van der Waals surface area contributed by atoms with Crippen molar-refractivity contribution in [1.82, 2.24) is 9.88 Å². The summed E-state index contributed by atoms with van der Waals surface area (Å²) in [6.45, 7) is 3.47. The molecule has 0 saturated heterocycles. The molecule has 1 aromatic rings. The van der Waals surface area contributed by atoms with E-state index in [1.165, 1.54) is 0 Å². The first-order valence-electron chi connectivity index (χ1n) is 6.74. The van der Waals surface area contributed by atoms with Crippen LogP contribution in [0.2, 0.25) is 0 Å². The maximum atomic E-state index is 11.7. The number of nitrogens with zero attached hydrogens (tertiary/aromatic N) is 1. The molecule has 1 amide bonds. The Hall–Kier alpha value is -1.29. The monoisotopic (exact) mass is 251 g/mol. The molecule has 1 heterocycles. The lowest BCUT2D eigenvalue weighted by Gasteiger charge is -2.13. The molecule has 0 fully saturated rings. The summed E-state index contributed by atoms with van der Waals surface area (Å²) in [6, 6.07) is 4.00. The molecule has 0 aliphatic heterocycles. The molecule has 0 bridgehead atoms. The molecule has 4 heteroatoms. The highest BCUT2D eigenvalue weighted by Gasteiger charge is 2.09. The molecule has 4 nitrogen and oxygen atoms in total. The van der Waals surface area contributed by atoms with E-state index in [4.69, 9.17) is 5.73 Å². The van der Waals surface area contributed by atoms with Gasteiger partial charge >= 0.3 is 0 Å². The van der Waals surface area contributed by atoms with Gasteiger partial charge in [-0.15, -0.1) is 0 Å². The fourth-order valence-corrected chi connectivity index (χ4v) is 2.08. The van der Waals surface area contributed by atoms with Crippen LogP contribution >= 0.6 is 0 Å². The van der Waals surface area contributed by atoms with E-state index < -0.39 is 0 Å². The minimum Gasteiger partial charge on any atom is -0.353 e. The summed E-state index contributed by atoms with van der Waals surface area (Å²) in [7, 11) is 1.98. The molecule has 3 N–H and O–H groups in total. The molecule has 18 heavy (non-hydrogen) atoms. The Morgan fingerprint density at radius 3 is 2.83 bits per heavy atom. The lowest BCUT2D eigenvalue weighted by molar-refractivity contribution is -0.121. The van der Waals surface area contributed by atoms with Gasteiger partial charge in [-0.1, -0.05) is 13.3 Å². The summed E-state index contributed by atoms with van der Waals surface area (Å²) in [5, 5.41) is 2.96. The first kappa shape index (κ1) is 14.8. The van der Waals surface area contributed by atoms with Crippen LogP contribution in [0.1, 0.15) is 38.3 Å². The molecule has 0 spiro atoms.